The van der Waals surface area contributed by atoms with Crippen LogP contribution in [0.4, 0.5) is 9.18 Å². The average molecular weight is 282 g/mol. The Bertz CT molecular complexity index is 433. The van der Waals surface area contributed by atoms with Gasteiger partial charge in [0.05, 0.1) is 5.60 Å². The lowest BCUT2D eigenvalue weighted by atomic mass is 9.87. The Kier molecular flexibility index (Phi) is 4.89. The van der Waals surface area contributed by atoms with E-state index in [-0.39, 0.29) is 6.61 Å². The highest BCUT2D eigenvalue weighted by Gasteiger charge is 2.34. The summed E-state index contributed by atoms with van der Waals surface area (Å²) in [6, 6.07) is 5.59. The third-order valence-corrected chi connectivity index (χ3v) is 3.49. The molecule has 1 saturated heterocycles. The molecule has 0 radical (unpaired) electrons. The molecular formula is C14H19FN2O3. The predicted molar refractivity (Wildman–Crippen MR) is 71.0 cm³/mol. The van der Waals surface area contributed by atoms with Crippen LogP contribution in [0, 0.1) is 0 Å². The van der Waals surface area contributed by atoms with Crippen molar-refractivity contribution in [1.82, 2.24) is 9.88 Å². The van der Waals surface area contributed by atoms with Crippen LogP contribution in [0.25, 0.3) is 0 Å². The Morgan fingerprint density at radius 2 is 2.20 bits per heavy atom. The molecule has 0 unspecified atom stereocenters. The van der Waals surface area contributed by atoms with Crippen LogP contribution in [-0.4, -0.2) is 53.1 Å². The molecule has 1 aliphatic rings. The van der Waals surface area contributed by atoms with Crippen molar-refractivity contribution >= 4 is 6.09 Å². The largest absolute Gasteiger partial charge is 0.447 e. The van der Waals surface area contributed by atoms with E-state index in [1.807, 2.05) is 18.2 Å². The second-order valence-electron chi connectivity index (χ2n) is 5.01. The zero-order valence-electron chi connectivity index (χ0n) is 11.3. The van der Waals surface area contributed by atoms with Gasteiger partial charge in [-0.2, -0.15) is 0 Å². The summed E-state index contributed by atoms with van der Waals surface area (Å²) in [5, 5.41) is 10.5. The van der Waals surface area contributed by atoms with Crippen LogP contribution in [0.15, 0.2) is 24.4 Å². The van der Waals surface area contributed by atoms with Crippen molar-refractivity contribution in [2.45, 2.75) is 24.9 Å². The molecular weight excluding hydrogens is 263 g/mol. The number of pyridine rings is 1. The molecule has 0 aliphatic carbocycles. The molecule has 0 saturated carbocycles. The number of carbonyl (C=O) groups excluding carboxylic acids is 1. The fourth-order valence-corrected chi connectivity index (χ4v) is 2.34. The quantitative estimate of drug-likeness (QED) is 0.910. The third kappa shape index (κ3) is 3.90. The Balaban J connectivity index is 1.85. The van der Waals surface area contributed by atoms with E-state index in [0.717, 1.165) is 5.69 Å². The molecule has 1 aromatic heterocycles. The zero-order chi connectivity index (χ0) is 14.4. The van der Waals surface area contributed by atoms with Gasteiger partial charge in [0.2, 0.25) is 0 Å². The molecule has 1 aromatic rings. The maximum atomic E-state index is 11.9. The Morgan fingerprint density at radius 3 is 2.80 bits per heavy atom. The normalized spacial score (nSPS) is 17.8. The van der Waals surface area contributed by atoms with Gasteiger partial charge in [-0.05, 0) is 25.0 Å². The molecule has 20 heavy (non-hydrogen) atoms. The molecule has 1 amide bonds. The van der Waals surface area contributed by atoms with Crippen molar-refractivity contribution in [3.63, 3.8) is 0 Å². The van der Waals surface area contributed by atoms with Gasteiger partial charge >= 0.3 is 6.09 Å². The van der Waals surface area contributed by atoms with Gasteiger partial charge in [-0.1, -0.05) is 6.07 Å². The lowest BCUT2D eigenvalue weighted by molar-refractivity contribution is -0.0208. The maximum Gasteiger partial charge on any atom is 0.409 e. The van der Waals surface area contributed by atoms with Gasteiger partial charge in [-0.25, -0.2) is 9.18 Å². The fraction of sp³-hybridized carbons (Fsp3) is 0.571. The number of amides is 1. The van der Waals surface area contributed by atoms with Gasteiger partial charge in [0.25, 0.3) is 0 Å². The Morgan fingerprint density at radius 1 is 1.45 bits per heavy atom. The van der Waals surface area contributed by atoms with E-state index in [4.69, 9.17) is 4.74 Å². The Labute approximate surface area is 117 Å². The monoisotopic (exact) mass is 282 g/mol. The smallest absolute Gasteiger partial charge is 0.409 e. The minimum Gasteiger partial charge on any atom is -0.447 e. The standard InChI is InChI=1S/C14H19FN2O3/c15-6-10-20-13(18)17-8-4-14(19,5-9-17)11-12-3-1-2-7-16-12/h1-3,7,19H,4-6,8-11H2. The van der Waals surface area contributed by atoms with E-state index in [1.165, 1.54) is 4.90 Å². The van der Waals surface area contributed by atoms with Crippen LogP contribution < -0.4 is 0 Å². The van der Waals surface area contributed by atoms with Crippen LogP contribution in [0.5, 0.6) is 0 Å². The number of aromatic nitrogens is 1. The highest BCUT2D eigenvalue weighted by Crippen LogP contribution is 2.26. The number of rotatable bonds is 4. The summed E-state index contributed by atoms with van der Waals surface area (Å²) in [6.07, 6.45) is 2.59. The van der Waals surface area contributed by atoms with E-state index in [1.54, 1.807) is 6.20 Å². The number of hydrogen-bond donors (Lipinski definition) is 1. The number of halogens is 1. The number of likely N-dealkylation sites (tertiary alicyclic amines) is 1. The topological polar surface area (TPSA) is 62.7 Å². The zero-order valence-corrected chi connectivity index (χ0v) is 11.3. The Hall–Kier alpha value is -1.69. The first-order chi connectivity index (χ1) is 9.63. The molecule has 1 fully saturated rings. The summed E-state index contributed by atoms with van der Waals surface area (Å²) in [4.78, 5) is 17.3. The van der Waals surface area contributed by atoms with Crippen molar-refractivity contribution in [2.75, 3.05) is 26.4 Å². The summed E-state index contributed by atoms with van der Waals surface area (Å²) in [6.45, 7) is -0.0698. The molecule has 1 N–H and O–H groups in total. The minimum atomic E-state index is -0.842. The summed E-state index contributed by atoms with van der Waals surface area (Å²) in [5.74, 6) is 0. The average Bonchev–Trinajstić information content (AvgIpc) is 2.46. The van der Waals surface area contributed by atoms with Crippen LogP contribution in [0.3, 0.4) is 0 Å². The minimum absolute atomic E-state index is 0.215. The third-order valence-electron chi connectivity index (χ3n) is 3.49. The molecule has 0 bridgehead atoms. The van der Waals surface area contributed by atoms with Crippen LogP contribution in [0.2, 0.25) is 0 Å². The SMILES string of the molecule is O=C(OCCF)N1CCC(O)(Cc2ccccn2)CC1. The van der Waals surface area contributed by atoms with Crippen molar-refractivity contribution in [3.8, 4) is 0 Å². The number of alkyl halides is 1. The van der Waals surface area contributed by atoms with Gasteiger partial charge in [0, 0.05) is 31.4 Å². The second kappa shape index (κ2) is 6.65. The van der Waals surface area contributed by atoms with Gasteiger partial charge in [-0.3, -0.25) is 4.98 Å². The van der Waals surface area contributed by atoms with E-state index < -0.39 is 18.4 Å². The summed E-state index contributed by atoms with van der Waals surface area (Å²) < 4.78 is 16.7. The molecule has 2 heterocycles. The highest BCUT2D eigenvalue weighted by atomic mass is 19.1. The number of nitrogens with zero attached hydrogens (tertiary/aromatic N) is 2. The van der Waals surface area contributed by atoms with E-state index in [0.29, 0.717) is 32.4 Å². The summed E-state index contributed by atoms with van der Waals surface area (Å²) >= 11 is 0. The lowest BCUT2D eigenvalue weighted by Gasteiger charge is -2.37. The number of piperidine rings is 1. The van der Waals surface area contributed by atoms with Crippen LogP contribution in [-0.2, 0) is 11.2 Å². The first-order valence-electron chi connectivity index (χ1n) is 6.73. The van der Waals surface area contributed by atoms with Gasteiger partial charge < -0.3 is 14.7 Å². The van der Waals surface area contributed by atoms with Gasteiger partial charge in [0.1, 0.15) is 13.3 Å². The number of aliphatic hydroxyl groups is 1. The van der Waals surface area contributed by atoms with Crippen LogP contribution in [0.1, 0.15) is 18.5 Å². The highest BCUT2D eigenvalue weighted by molar-refractivity contribution is 5.67. The second-order valence-corrected chi connectivity index (χ2v) is 5.01. The van der Waals surface area contributed by atoms with Crippen LogP contribution >= 0.6 is 0 Å². The van der Waals surface area contributed by atoms with E-state index in [2.05, 4.69) is 4.98 Å². The van der Waals surface area contributed by atoms with E-state index >= 15 is 0 Å². The molecule has 2 rings (SSSR count). The van der Waals surface area contributed by atoms with Crippen molar-refractivity contribution < 1.29 is 19.0 Å². The summed E-state index contributed by atoms with van der Waals surface area (Å²) in [7, 11) is 0. The molecule has 0 aromatic carbocycles. The number of hydrogen-bond acceptors (Lipinski definition) is 4. The van der Waals surface area contributed by atoms with Crippen molar-refractivity contribution in [1.29, 1.82) is 0 Å². The van der Waals surface area contributed by atoms with Crippen molar-refractivity contribution in [2.24, 2.45) is 0 Å². The molecule has 0 spiro atoms. The molecule has 6 heteroatoms. The van der Waals surface area contributed by atoms with Gasteiger partial charge in [-0.15, -0.1) is 0 Å². The van der Waals surface area contributed by atoms with Gasteiger partial charge in [0.15, 0.2) is 0 Å². The fourth-order valence-electron chi connectivity index (χ4n) is 2.34. The van der Waals surface area contributed by atoms with Crippen molar-refractivity contribution in [3.05, 3.63) is 30.1 Å². The maximum absolute atomic E-state index is 11.9. The van der Waals surface area contributed by atoms with E-state index in [9.17, 15) is 14.3 Å². The lowest BCUT2D eigenvalue weighted by Crippen LogP contribution is -2.48. The summed E-state index contributed by atoms with van der Waals surface area (Å²) in [5.41, 5.74) is -0.00551. The molecule has 1 aliphatic heterocycles. The first-order valence-corrected chi connectivity index (χ1v) is 6.73. The molecule has 110 valence electrons. The number of ether oxygens (including phenoxy) is 1. The molecule has 0 atom stereocenters. The predicted octanol–water partition coefficient (Wildman–Crippen LogP) is 1.56. The number of carbonyl (C=O) groups is 1. The first kappa shape index (κ1) is 14.7. The molecule has 5 nitrogen and oxygen atoms in total.